The number of methoxy groups -OCH3 is 1. The van der Waals surface area contributed by atoms with Gasteiger partial charge in [-0.05, 0) is 101 Å². The Morgan fingerprint density at radius 2 is 1.43 bits per heavy atom. The number of carbonyl (C=O) groups is 4. The Morgan fingerprint density at radius 1 is 0.810 bits per heavy atom. The van der Waals surface area contributed by atoms with Crippen molar-refractivity contribution in [3.8, 4) is 23.1 Å². The standard InChI is InChI=1S/C54H61F8N9O8/c1-51(2,53(57,58)59)45(67-50(76)77-6)47(73)66-42(21-32-13-10-31(11-14-32)12-15-33-16-19-44(65-24-33)69-25-35-17-18-36(26-69)71(35)37-29-78-30-37)43(72)28-70(68-48(74)46(79-49(75)63-5)52(3,4)54(60,61)62)27-38-39(55)22-34(23-40(38)56)41-9-7-8-20-64-41/h7-11,13-14,16,19-20,22-24,35-37,42-43,45-46,72H,17-18,21,25-30H2,1-6H3,(H,63,75)(H,66,73)(H,67,76)(H,68,74)/t35-,36-,42-,43-,45+,46+/m0/s1. The molecule has 0 spiro atoms. The van der Waals surface area contributed by atoms with Crippen molar-refractivity contribution in [3.05, 3.63) is 113 Å². The van der Waals surface area contributed by atoms with Crippen LogP contribution in [0.3, 0.4) is 0 Å². The van der Waals surface area contributed by atoms with E-state index in [1.807, 2.05) is 22.8 Å². The van der Waals surface area contributed by atoms with Gasteiger partial charge in [0.15, 0.2) is 6.10 Å². The first-order chi connectivity index (χ1) is 37.2. The quantitative estimate of drug-likeness (QED) is 0.0416. The third kappa shape index (κ3) is 14.0. The summed E-state index contributed by atoms with van der Waals surface area (Å²) in [7, 11) is 1.85. The van der Waals surface area contributed by atoms with Crippen LogP contribution in [-0.2, 0) is 36.8 Å². The van der Waals surface area contributed by atoms with Gasteiger partial charge >= 0.3 is 24.5 Å². The van der Waals surface area contributed by atoms with Crippen LogP contribution in [0.5, 0.6) is 0 Å². The lowest BCUT2D eigenvalue weighted by atomic mass is 9.82. The van der Waals surface area contributed by atoms with Gasteiger partial charge in [0.25, 0.3) is 5.91 Å². The first-order valence-corrected chi connectivity index (χ1v) is 25.2. The summed E-state index contributed by atoms with van der Waals surface area (Å²) >= 11 is 0. The van der Waals surface area contributed by atoms with E-state index in [1.54, 1.807) is 30.5 Å². The highest BCUT2D eigenvalue weighted by Crippen LogP contribution is 2.43. The molecule has 0 saturated carbocycles. The summed E-state index contributed by atoms with van der Waals surface area (Å²) in [5.74, 6) is 1.25. The Hall–Kier alpha value is -7.14. The number of aliphatic hydroxyl groups excluding tert-OH is 1. The van der Waals surface area contributed by atoms with Crippen molar-refractivity contribution in [3.63, 3.8) is 0 Å². The van der Waals surface area contributed by atoms with E-state index in [0.717, 1.165) is 71.3 Å². The molecule has 3 saturated heterocycles. The van der Waals surface area contributed by atoms with Crippen LogP contribution in [0.4, 0.5) is 50.5 Å². The number of alkyl halides is 6. The number of hydrazine groups is 1. The lowest BCUT2D eigenvalue weighted by molar-refractivity contribution is -0.239. The van der Waals surface area contributed by atoms with Crippen LogP contribution < -0.4 is 26.3 Å². The second-order valence-corrected chi connectivity index (χ2v) is 20.7. The summed E-state index contributed by atoms with van der Waals surface area (Å²) in [6.45, 7) is 3.48. The van der Waals surface area contributed by atoms with Crippen LogP contribution in [0.15, 0.2) is 79.1 Å². The smallest absolute Gasteiger partial charge is 0.407 e. The Morgan fingerprint density at radius 3 is 1.96 bits per heavy atom. The molecular weight excluding hydrogens is 1050 g/mol. The van der Waals surface area contributed by atoms with Gasteiger partial charge in [-0.15, -0.1) is 0 Å². The molecule has 3 aliphatic heterocycles. The number of hydrogen-bond acceptors (Lipinski definition) is 13. The maximum atomic E-state index is 16.0. The largest absolute Gasteiger partial charge is 0.453 e. The Balaban J connectivity index is 1.17. The van der Waals surface area contributed by atoms with Crippen LogP contribution in [-0.4, -0.2) is 151 Å². The monoisotopic (exact) mass is 1120 g/mol. The number of amides is 4. The summed E-state index contributed by atoms with van der Waals surface area (Å²) in [6, 6.07) is 13.5. The number of ether oxygens (including phenoxy) is 3. The molecule has 5 N–H and O–H groups in total. The second kappa shape index (κ2) is 24.5. The predicted molar refractivity (Wildman–Crippen MR) is 270 cm³/mol. The highest BCUT2D eigenvalue weighted by molar-refractivity contribution is 5.87. The number of nitrogens with one attached hydrogen (secondary N) is 4. The van der Waals surface area contributed by atoms with Crippen LogP contribution >= 0.6 is 0 Å². The number of halogens is 8. The summed E-state index contributed by atoms with van der Waals surface area (Å²) in [4.78, 5) is 66.5. The van der Waals surface area contributed by atoms with Gasteiger partial charge in [0.1, 0.15) is 28.9 Å². The van der Waals surface area contributed by atoms with Crippen molar-refractivity contribution in [2.24, 2.45) is 10.8 Å². The lowest BCUT2D eigenvalue weighted by Gasteiger charge is -2.47. The predicted octanol–water partition coefficient (Wildman–Crippen LogP) is 6.42. The molecule has 2 bridgehead atoms. The molecule has 25 heteroatoms. The topological polar surface area (TPSA) is 200 Å². The van der Waals surface area contributed by atoms with Crippen molar-refractivity contribution < 1.29 is 73.6 Å². The van der Waals surface area contributed by atoms with Crippen molar-refractivity contribution in [1.82, 2.24) is 41.3 Å². The SMILES string of the molecule is CNC(=O)O[C@H](C(=O)NN(Cc1c(F)cc(-c2ccccn2)cc1F)C[C@H](O)[C@H](Cc1ccc(C#Cc2ccc(N3C[C@@H]4CC[C@@H](C3)N4C3COC3)nc2)cc1)NC(=O)[C@@H](NC(=O)OC)C(C)(C)C(F)(F)F)C(C)(C)C(F)(F)F. The average molecular weight is 1120 g/mol. The molecule has 17 nitrogen and oxygen atoms in total. The highest BCUT2D eigenvalue weighted by atomic mass is 19.4. The number of benzene rings is 2. The van der Waals surface area contributed by atoms with Gasteiger partial charge in [-0.25, -0.2) is 28.4 Å². The zero-order valence-corrected chi connectivity index (χ0v) is 44.0. The molecule has 5 heterocycles. The molecule has 0 aliphatic carbocycles. The maximum absolute atomic E-state index is 16.0. The van der Waals surface area contributed by atoms with E-state index < -0.39 is 108 Å². The fraction of sp³-hybridized carbons (Fsp3) is 0.481. The summed E-state index contributed by atoms with van der Waals surface area (Å²) < 4.78 is 134. The van der Waals surface area contributed by atoms with Crippen molar-refractivity contribution in [1.29, 1.82) is 0 Å². The number of aliphatic hydroxyl groups is 1. The van der Waals surface area contributed by atoms with Gasteiger partial charge in [0.05, 0.1) is 49.6 Å². The molecule has 79 heavy (non-hydrogen) atoms. The summed E-state index contributed by atoms with van der Waals surface area (Å²) in [6.07, 6.45) is -13.2. The Bertz CT molecular complexity index is 2830. The van der Waals surface area contributed by atoms with E-state index in [-0.39, 0.29) is 11.3 Å². The van der Waals surface area contributed by atoms with Crippen LogP contribution in [0, 0.1) is 34.3 Å². The molecule has 4 amide bonds. The molecule has 2 aromatic heterocycles. The molecule has 3 aliphatic rings. The number of aromatic nitrogens is 2. The maximum Gasteiger partial charge on any atom is 0.407 e. The number of nitrogens with zero attached hydrogens (tertiary/aromatic N) is 5. The number of rotatable bonds is 18. The zero-order chi connectivity index (χ0) is 57.6. The molecule has 4 aromatic rings. The fourth-order valence-electron chi connectivity index (χ4n) is 9.53. The average Bonchev–Trinajstić information content (AvgIpc) is 3.81. The van der Waals surface area contributed by atoms with E-state index in [0.29, 0.717) is 67.5 Å². The molecule has 0 radical (unpaired) electrons. The molecule has 3 fully saturated rings. The Kier molecular flexibility index (Phi) is 18.4. The number of pyridine rings is 2. The molecule has 0 unspecified atom stereocenters. The number of alkyl carbamates (subject to hydrolysis) is 2. The highest BCUT2D eigenvalue weighted by Gasteiger charge is 2.58. The van der Waals surface area contributed by atoms with E-state index in [1.165, 1.54) is 24.4 Å². The van der Waals surface area contributed by atoms with E-state index in [9.17, 15) is 50.6 Å². The third-order valence-corrected chi connectivity index (χ3v) is 14.5. The molecule has 6 atom stereocenters. The minimum Gasteiger partial charge on any atom is -0.453 e. The molecular formula is C54H61F8N9O8. The van der Waals surface area contributed by atoms with Gasteiger partial charge in [-0.2, -0.15) is 26.3 Å². The fourth-order valence-corrected chi connectivity index (χ4v) is 9.53. The van der Waals surface area contributed by atoms with Crippen molar-refractivity contribution in [2.75, 3.05) is 51.9 Å². The van der Waals surface area contributed by atoms with Crippen LogP contribution in [0.1, 0.15) is 62.8 Å². The molecule has 7 rings (SSSR count). The van der Waals surface area contributed by atoms with E-state index >= 15 is 8.78 Å². The normalized spacial score (nSPS) is 18.5. The third-order valence-electron chi connectivity index (χ3n) is 14.5. The number of piperazine rings is 1. The van der Waals surface area contributed by atoms with Gasteiger partial charge < -0.3 is 40.2 Å². The first kappa shape index (κ1) is 59.5. The van der Waals surface area contributed by atoms with Gasteiger partial charge in [-0.1, -0.05) is 30.0 Å². The van der Waals surface area contributed by atoms with Crippen LogP contribution in [0.2, 0.25) is 0 Å². The van der Waals surface area contributed by atoms with E-state index in [4.69, 9.17) is 9.47 Å². The second-order valence-electron chi connectivity index (χ2n) is 20.7. The molecule has 426 valence electrons. The van der Waals surface area contributed by atoms with Gasteiger partial charge in [0.2, 0.25) is 5.91 Å². The summed E-state index contributed by atoms with van der Waals surface area (Å²) in [5, 5.41) is 18.8. The minimum absolute atomic E-state index is 0.0322. The first-order valence-electron chi connectivity index (χ1n) is 25.2. The lowest BCUT2D eigenvalue weighted by Crippen LogP contribution is -2.62. The van der Waals surface area contributed by atoms with Crippen LogP contribution in [0.25, 0.3) is 11.3 Å². The zero-order valence-electron chi connectivity index (χ0n) is 44.0. The number of anilines is 1. The Labute approximate surface area is 450 Å². The van der Waals surface area contributed by atoms with E-state index in [2.05, 4.69) is 47.1 Å². The minimum atomic E-state index is -5.22. The number of carbonyl (C=O) groups excluding carboxylic acids is 4. The number of fused-ring (bicyclic) bond motifs is 2. The van der Waals surface area contributed by atoms with Crippen molar-refractivity contribution in [2.45, 2.75) is 108 Å². The van der Waals surface area contributed by atoms with Gasteiger partial charge in [0, 0.05) is 80.0 Å². The molecule has 2 aromatic carbocycles. The number of hydrogen-bond donors (Lipinski definition) is 5. The summed E-state index contributed by atoms with van der Waals surface area (Å²) in [5.41, 5.74) is -3.33. The van der Waals surface area contributed by atoms with Gasteiger partial charge in [-0.3, -0.25) is 24.9 Å². The van der Waals surface area contributed by atoms with Crippen molar-refractivity contribution >= 4 is 29.8 Å².